The summed E-state index contributed by atoms with van der Waals surface area (Å²) >= 11 is 0. The topological polar surface area (TPSA) is 46.5 Å². The molecule has 0 aliphatic rings. The van der Waals surface area contributed by atoms with Crippen molar-refractivity contribution in [2.24, 2.45) is 5.92 Å². The molecule has 0 aromatic heterocycles. The zero-order chi connectivity index (χ0) is 8.85. The number of hydrogen-bond donors (Lipinski definition) is 1. The molecule has 0 aliphatic carbocycles. The zero-order valence-corrected chi connectivity index (χ0v) is 7.33. The van der Waals surface area contributed by atoms with E-state index in [1.54, 1.807) is 13.8 Å². The summed E-state index contributed by atoms with van der Waals surface area (Å²) in [5.41, 5.74) is 0. The van der Waals surface area contributed by atoms with E-state index >= 15 is 0 Å². The van der Waals surface area contributed by atoms with E-state index in [-0.39, 0.29) is 11.9 Å². The molecule has 0 aromatic rings. The Morgan fingerprint density at radius 1 is 1.45 bits per heavy atom. The van der Waals surface area contributed by atoms with Gasteiger partial charge in [-0.05, 0) is 6.42 Å². The van der Waals surface area contributed by atoms with E-state index in [1.165, 1.54) is 0 Å². The standard InChI is InChI=1S/C8H16O3/c1-4-6(3)8(10)11-7(9)5-2/h6-7,9H,4-5H2,1-3H3. The lowest BCUT2D eigenvalue weighted by Gasteiger charge is -2.12. The molecule has 0 amide bonds. The van der Waals surface area contributed by atoms with Gasteiger partial charge >= 0.3 is 5.97 Å². The number of carbonyl (C=O) groups is 1. The summed E-state index contributed by atoms with van der Waals surface area (Å²) < 4.78 is 4.67. The minimum atomic E-state index is -0.934. The van der Waals surface area contributed by atoms with Gasteiger partial charge in [-0.3, -0.25) is 4.79 Å². The highest BCUT2D eigenvalue weighted by Gasteiger charge is 2.14. The van der Waals surface area contributed by atoms with Crippen LogP contribution in [-0.4, -0.2) is 17.4 Å². The van der Waals surface area contributed by atoms with Gasteiger partial charge in [0.15, 0.2) is 6.29 Å². The predicted octanol–water partition coefficient (Wildman–Crippen LogP) is 1.30. The van der Waals surface area contributed by atoms with Crippen LogP contribution in [0.2, 0.25) is 0 Å². The van der Waals surface area contributed by atoms with E-state index in [1.807, 2.05) is 6.92 Å². The third-order valence-electron chi connectivity index (χ3n) is 1.62. The Morgan fingerprint density at radius 3 is 2.36 bits per heavy atom. The number of aliphatic hydroxyl groups is 1. The summed E-state index contributed by atoms with van der Waals surface area (Å²) in [5, 5.41) is 8.93. The molecule has 0 aliphatic heterocycles. The molecule has 3 heteroatoms. The molecule has 0 spiro atoms. The van der Waals surface area contributed by atoms with Crippen LogP contribution in [0.15, 0.2) is 0 Å². The fourth-order valence-electron chi connectivity index (χ4n) is 0.500. The number of rotatable bonds is 4. The van der Waals surface area contributed by atoms with Crippen LogP contribution in [0.3, 0.4) is 0 Å². The fourth-order valence-corrected chi connectivity index (χ4v) is 0.500. The van der Waals surface area contributed by atoms with Crippen molar-refractivity contribution in [3.05, 3.63) is 0 Å². The lowest BCUT2D eigenvalue weighted by atomic mass is 10.1. The van der Waals surface area contributed by atoms with Gasteiger partial charge in [0.2, 0.25) is 0 Å². The largest absolute Gasteiger partial charge is 0.436 e. The van der Waals surface area contributed by atoms with Crippen molar-refractivity contribution in [3.8, 4) is 0 Å². The predicted molar refractivity (Wildman–Crippen MR) is 41.8 cm³/mol. The first-order chi connectivity index (χ1) is 5.11. The van der Waals surface area contributed by atoms with Gasteiger partial charge in [-0.2, -0.15) is 0 Å². The number of carbonyl (C=O) groups excluding carboxylic acids is 1. The average molecular weight is 160 g/mol. The maximum absolute atomic E-state index is 11.0. The van der Waals surface area contributed by atoms with Crippen LogP contribution in [0.25, 0.3) is 0 Å². The second-order valence-electron chi connectivity index (χ2n) is 2.61. The first-order valence-electron chi connectivity index (χ1n) is 4.00. The highest BCUT2D eigenvalue weighted by atomic mass is 16.6. The summed E-state index contributed by atoms with van der Waals surface area (Å²) in [5.74, 6) is -0.432. The van der Waals surface area contributed by atoms with Gasteiger partial charge in [0.25, 0.3) is 0 Å². The van der Waals surface area contributed by atoms with Gasteiger partial charge in [0.1, 0.15) is 0 Å². The molecule has 0 heterocycles. The molecular weight excluding hydrogens is 144 g/mol. The average Bonchev–Trinajstić information content (AvgIpc) is 2.02. The molecule has 0 bridgehead atoms. The number of esters is 1. The third kappa shape index (κ3) is 3.98. The van der Waals surface area contributed by atoms with Crippen molar-refractivity contribution in [1.82, 2.24) is 0 Å². The van der Waals surface area contributed by atoms with Gasteiger partial charge in [0, 0.05) is 6.42 Å². The monoisotopic (exact) mass is 160 g/mol. The Bertz CT molecular complexity index is 123. The molecule has 2 atom stereocenters. The Labute approximate surface area is 67.4 Å². The molecular formula is C8H16O3. The van der Waals surface area contributed by atoms with E-state index in [0.29, 0.717) is 6.42 Å². The van der Waals surface area contributed by atoms with Crippen LogP contribution in [-0.2, 0) is 9.53 Å². The third-order valence-corrected chi connectivity index (χ3v) is 1.62. The minimum absolute atomic E-state index is 0.115. The molecule has 0 saturated carbocycles. The Kier molecular flexibility index (Phi) is 4.86. The fraction of sp³-hybridized carbons (Fsp3) is 0.875. The molecule has 0 fully saturated rings. The Hall–Kier alpha value is -0.570. The van der Waals surface area contributed by atoms with E-state index in [4.69, 9.17) is 5.11 Å². The highest BCUT2D eigenvalue weighted by molar-refractivity contribution is 5.71. The SMILES string of the molecule is CCC(O)OC(=O)C(C)CC. The van der Waals surface area contributed by atoms with E-state index in [2.05, 4.69) is 4.74 Å². The molecule has 2 unspecified atom stereocenters. The van der Waals surface area contributed by atoms with Crippen molar-refractivity contribution in [2.45, 2.75) is 39.9 Å². The van der Waals surface area contributed by atoms with Crippen molar-refractivity contribution in [3.63, 3.8) is 0 Å². The van der Waals surface area contributed by atoms with Crippen molar-refractivity contribution >= 4 is 5.97 Å². The van der Waals surface area contributed by atoms with Crippen LogP contribution in [0.1, 0.15) is 33.6 Å². The first kappa shape index (κ1) is 10.4. The van der Waals surface area contributed by atoms with E-state index in [9.17, 15) is 4.79 Å². The first-order valence-corrected chi connectivity index (χ1v) is 4.00. The lowest BCUT2D eigenvalue weighted by molar-refractivity contribution is -0.172. The van der Waals surface area contributed by atoms with Crippen LogP contribution in [0.4, 0.5) is 0 Å². The van der Waals surface area contributed by atoms with Gasteiger partial charge < -0.3 is 9.84 Å². The summed E-state index contributed by atoms with van der Waals surface area (Å²) in [7, 11) is 0. The van der Waals surface area contributed by atoms with Gasteiger partial charge in [-0.25, -0.2) is 0 Å². The second-order valence-corrected chi connectivity index (χ2v) is 2.61. The Morgan fingerprint density at radius 2 is 2.00 bits per heavy atom. The van der Waals surface area contributed by atoms with Crippen LogP contribution in [0, 0.1) is 5.92 Å². The summed E-state index contributed by atoms with van der Waals surface area (Å²) in [4.78, 5) is 11.0. The molecule has 0 saturated heterocycles. The van der Waals surface area contributed by atoms with Crippen LogP contribution >= 0.6 is 0 Å². The van der Waals surface area contributed by atoms with E-state index in [0.717, 1.165) is 6.42 Å². The van der Waals surface area contributed by atoms with Crippen molar-refractivity contribution in [2.75, 3.05) is 0 Å². The quantitative estimate of drug-likeness (QED) is 0.498. The van der Waals surface area contributed by atoms with Crippen molar-refractivity contribution in [1.29, 1.82) is 0 Å². The number of hydrogen-bond acceptors (Lipinski definition) is 3. The smallest absolute Gasteiger partial charge is 0.310 e. The molecule has 3 nitrogen and oxygen atoms in total. The van der Waals surface area contributed by atoms with Crippen LogP contribution in [0.5, 0.6) is 0 Å². The Balaban J connectivity index is 3.68. The van der Waals surface area contributed by atoms with Gasteiger partial charge in [-0.15, -0.1) is 0 Å². The highest BCUT2D eigenvalue weighted by Crippen LogP contribution is 2.05. The zero-order valence-electron chi connectivity index (χ0n) is 7.33. The van der Waals surface area contributed by atoms with Crippen LogP contribution < -0.4 is 0 Å². The van der Waals surface area contributed by atoms with Gasteiger partial charge in [-0.1, -0.05) is 20.8 Å². The molecule has 11 heavy (non-hydrogen) atoms. The maximum atomic E-state index is 11.0. The minimum Gasteiger partial charge on any atom is -0.436 e. The number of ether oxygens (including phenoxy) is 1. The molecule has 1 N–H and O–H groups in total. The normalized spacial score (nSPS) is 15.6. The second kappa shape index (κ2) is 5.13. The lowest BCUT2D eigenvalue weighted by Crippen LogP contribution is -2.21. The summed E-state index contributed by atoms with van der Waals surface area (Å²) in [6, 6.07) is 0. The summed E-state index contributed by atoms with van der Waals surface area (Å²) in [6.07, 6.45) is 0.258. The maximum Gasteiger partial charge on any atom is 0.310 e. The van der Waals surface area contributed by atoms with E-state index < -0.39 is 6.29 Å². The molecule has 0 aromatic carbocycles. The molecule has 0 radical (unpaired) electrons. The molecule has 66 valence electrons. The molecule has 0 rings (SSSR count). The number of aliphatic hydroxyl groups excluding tert-OH is 1. The van der Waals surface area contributed by atoms with Crippen molar-refractivity contribution < 1.29 is 14.6 Å². The summed E-state index contributed by atoms with van der Waals surface area (Å²) in [6.45, 7) is 5.45. The van der Waals surface area contributed by atoms with Gasteiger partial charge in [0.05, 0.1) is 5.92 Å².